The number of ether oxygens (including phenoxy) is 2. The number of carbonyl (C=O) groups is 1. The molecule has 1 aromatic carbocycles. The van der Waals surface area contributed by atoms with Crippen molar-refractivity contribution in [3.05, 3.63) is 28.8 Å². The molecule has 1 unspecified atom stereocenters. The Kier molecular flexibility index (Phi) is 4.71. The maximum absolute atomic E-state index is 12.2. The standard InChI is InChI=1S/C13H16N4O3S/c1-7(14)12-16-17-13(21-12)15-11(18)8-4-9(19-2)6-10(5-8)20-3/h4-7H,14H2,1-3H3,(H,15,17,18). The van der Waals surface area contributed by atoms with E-state index < -0.39 is 0 Å². The zero-order valence-electron chi connectivity index (χ0n) is 11.9. The van der Waals surface area contributed by atoms with Gasteiger partial charge in [-0.3, -0.25) is 10.1 Å². The summed E-state index contributed by atoms with van der Waals surface area (Å²) < 4.78 is 10.3. The van der Waals surface area contributed by atoms with E-state index in [0.29, 0.717) is 27.2 Å². The zero-order valence-corrected chi connectivity index (χ0v) is 12.7. The van der Waals surface area contributed by atoms with Gasteiger partial charge >= 0.3 is 0 Å². The van der Waals surface area contributed by atoms with Crippen molar-refractivity contribution in [2.75, 3.05) is 19.5 Å². The van der Waals surface area contributed by atoms with Crippen molar-refractivity contribution >= 4 is 22.4 Å². The number of nitrogens with zero attached hydrogens (tertiary/aromatic N) is 2. The Balaban J connectivity index is 2.19. The first-order chi connectivity index (χ1) is 10.0. The monoisotopic (exact) mass is 308 g/mol. The molecule has 1 amide bonds. The molecule has 0 spiro atoms. The molecule has 0 saturated carbocycles. The summed E-state index contributed by atoms with van der Waals surface area (Å²) in [5.74, 6) is 0.751. The van der Waals surface area contributed by atoms with Gasteiger partial charge < -0.3 is 15.2 Å². The second-order valence-corrected chi connectivity index (χ2v) is 5.30. The number of amides is 1. The van der Waals surface area contributed by atoms with Crippen molar-refractivity contribution < 1.29 is 14.3 Å². The second-order valence-electron chi connectivity index (χ2n) is 4.29. The molecule has 0 fully saturated rings. The van der Waals surface area contributed by atoms with E-state index in [4.69, 9.17) is 15.2 Å². The van der Waals surface area contributed by atoms with Crippen LogP contribution in [-0.4, -0.2) is 30.3 Å². The third-order valence-electron chi connectivity index (χ3n) is 2.66. The Morgan fingerprint density at radius 2 is 1.86 bits per heavy atom. The molecule has 0 aliphatic carbocycles. The topological polar surface area (TPSA) is 99.4 Å². The van der Waals surface area contributed by atoms with E-state index in [1.165, 1.54) is 25.6 Å². The molecule has 1 atom stereocenters. The molecule has 8 heteroatoms. The van der Waals surface area contributed by atoms with E-state index in [0.717, 1.165) is 0 Å². The van der Waals surface area contributed by atoms with Crippen LogP contribution in [-0.2, 0) is 0 Å². The maximum Gasteiger partial charge on any atom is 0.257 e. The Morgan fingerprint density at radius 1 is 1.24 bits per heavy atom. The van der Waals surface area contributed by atoms with E-state index >= 15 is 0 Å². The highest BCUT2D eigenvalue weighted by Gasteiger charge is 2.14. The van der Waals surface area contributed by atoms with E-state index in [9.17, 15) is 4.79 Å². The van der Waals surface area contributed by atoms with Crippen LogP contribution in [0.3, 0.4) is 0 Å². The average molecular weight is 308 g/mol. The molecule has 7 nitrogen and oxygen atoms in total. The number of nitrogens with one attached hydrogen (secondary N) is 1. The highest BCUT2D eigenvalue weighted by Crippen LogP contribution is 2.24. The van der Waals surface area contributed by atoms with Crippen LogP contribution in [0, 0.1) is 0 Å². The van der Waals surface area contributed by atoms with Gasteiger partial charge in [0, 0.05) is 11.6 Å². The van der Waals surface area contributed by atoms with Gasteiger partial charge in [-0.1, -0.05) is 11.3 Å². The number of hydrogen-bond acceptors (Lipinski definition) is 7. The third kappa shape index (κ3) is 3.67. The zero-order chi connectivity index (χ0) is 15.4. The predicted octanol–water partition coefficient (Wildman–Crippen LogP) is 1.83. The molecule has 112 valence electrons. The van der Waals surface area contributed by atoms with Crippen LogP contribution < -0.4 is 20.5 Å². The molecule has 0 radical (unpaired) electrons. The van der Waals surface area contributed by atoms with Crippen molar-refractivity contribution in [2.45, 2.75) is 13.0 Å². The quantitative estimate of drug-likeness (QED) is 0.874. The van der Waals surface area contributed by atoms with Gasteiger partial charge in [-0.25, -0.2) is 0 Å². The summed E-state index contributed by atoms with van der Waals surface area (Å²) >= 11 is 1.24. The summed E-state index contributed by atoms with van der Waals surface area (Å²) in [7, 11) is 3.05. The number of benzene rings is 1. The first kappa shape index (κ1) is 15.2. The van der Waals surface area contributed by atoms with E-state index in [1.807, 2.05) is 0 Å². The van der Waals surface area contributed by atoms with Crippen LogP contribution in [0.1, 0.15) is 28.3 Å². The minimum absolute atomic E-state index is 0.218. The lowest BCUT2D eigenvalue weighted by Crippen LogP contribution is -2.12. The smallest absolute Gasteiger partial charge is 0.257 e. The number of methoxy groups -OCH3 is 2. The lowest BCUT2D eigenvalue weighted by Gasteiger charge is -2.07. The molecule has 0 saturated heterocycles. The maximum atomic E-state index is 12.2. The molecule has 0 aliphatic heterocycles. The summed E-state index contributed by atoms with van der Waals surface area (Å²) in [6, 6.07) is 4.71. The van der Waals surface area contributed by atoms with Crippen LogP contribution in [0.4, 0.5) is 5.13 Å². The van der Waals surface area contributed by atoms with Gasteiger partial charge in [-0.05, 0) is 19.1 Å². The molecule has 1 heterocycles. The van der Waals surface area contributed by atoms with Crippen LogP contribution in [0.2, 0.25) is 0 Å². The Hall–Kier alpha value is -2.19. The Morgan fingerprint density at radius 3 is 2.33 bits per heavy atom. The number of rotatable bonds is 5. The molecule has 0 aliphatic rings. The van der Waals surface area contributed by atoms with Gasteiger partial charge in [0.2, 0.25) is 5.13 Å². The first-order valence-corrected chi connectivity index (χ1v) is 6.98. The minimum Gasteiger partial charge on any atom is -0.497 e. The molecule has 0 bridgehead atoms. The van der Waals surface area contributed by atoms with Crippen molar-refractivity contribution in [1.82, 2.24) is 10.2 Å². The summed E-state index contributed by atoms with van der Waals surface area (Å²) in [5.41, 5.74) is 6.11. The van der Waals surface area contributed by atoms with Gasteiger partial charge in [0.15, 0.2) is 0 Å². The van der Waals surface area contributed by atoms with Gasteiger partial charge in [0.1, 0.15) is 16.5 Å². The summed E-state index contributed by atoms with van der Waals surface area (Å²) in [6.45, 7) is 1.80. The number of hydrogen-bond donors (Lipinski definition) is 2. The molecule has 21 heavy (non-hydrogen) atoms. The second kappa shape index (κ2) is 6.51. The lowest BCUT2D eigenvalue weighted by atomic mass is 10.2. The molecule has 1 aromatic heterocycles. The van der Waals surface area contributed by atoms with Crippen LogP contribution in [0.15, 0.2) is 18.2 Å². The Labute approximate surface area is 126 Å². The van der Waals surface area contributed by atoms with Crippen molar-refractivity contribution in [3.8, 4) is 11.5 Å². The van der Waals surface area contributed by atoms with E-state index in [1.54, 1.807) is 25.1 Å². The Bertz CT molecular complexity index is 620. The average Bonchev–Trinajstić information content (AvgIpc) is 2.95. The first-order valence-electron chi connectivity index (χ1n) is 6.17. The van der Waals surface area contributed by atoms with Gasteiger partial charge in [-0.2, -0.15) is 0 Å². The lowest BCUT2D eigenvalue weighted by molar-refractivity contribution is 0.102. The number of anilines is 1. The number of nitrogens with two attached hydrogens (primary N) is 1. The molecule has 2 aromatic rings. The van der Waals surface area contributed by atoms with Crippen LogP contribution in [0.25, 0.3) is 0 Å². The van der Waals surface area contributed by atoms with Gasteiger partial charge in [0.05, 0.1) is 20.3 Å². The molecular formula is C13H16N4O3S. The third-order valence-corrected chi connectivity index (χ3v) is 3.70. The van der Waals surface area contributed by atoms with E-state index in [-0.39, 0.29) is 11.9 Å². The van der Waals surface area contributed by atoms with Crippen molar-refractivity contribution in [3.63, 3.8) is 0 Å². The fourth-order valence-electron chi connectivity index (χ4n) is 1.58. The van der Waals surface area contributed by atoms with Crippen molar-refractivity contribution in [2.24, 2.45) is 5.73 Å². The fourth-order valence-corrected chi connectivity index (χ4v) is 2.27. The van der Waals surface area contributed by atoms with Crippen LogP contribution in [0.5, 0.6) is 11.5 Å². The summed E-state index contributed by atoms with van der Waals surface area (Å²) in [4.78, 5) is 12.2. The summed E-state index contributed by atoms with van der Waals surface area (Å²) in [6.07, 6.45) is 0. The number of aromatic nitrogens is 2. The largest absolute Gasteiger partial charge is 0.497 e. The van der Waals surface area contributed by atoms with E-state index in [2.05, 4.69) is 15.5 Å². The number of carbonyl (C=O) groups excluding carboxylic acids is 1. The summed E-state index contributed by atoms with van der Waals surface area (Å²) in [5, 5.41) is 11.5. The SMILES string of the molecule is COc1cc(OC)cc(C(=O)Nc2nnc(C(C)N)s2)c1. The van der Waals surface area contributed by atoms with Gasteiger partial charge in [0.25, 0.3) is 5.91 Å². The minimum atomic E-state index is -0.320. The highest BCUT2D eigenvalue weighted by atomic mass is 32.1. The molecule has 3 N–H and O–H groups in total. The normalized spacial score (nSPS) is 11.8. The molecule has 2 rings (SSSR count). The van der Waals surface area contributed by atoms with Crippen LogP contribution >= 0.6 is 11.3 Å². The van der Waals surface area contributed by atoms with Gasteiger partial charge in [-0.15, -0.1) is 10.2 Å². The predicted molar refractivity (Wildman–Crippen MR) is 80.0 cm³/mol. The van der Waals surface area contributed by atoms with Crippen molar-refractivity contribution in [1.29, 1.82) is 0 Å². The highest BCUT2D eigenvalue weighted by molar-refractivity contribution is 7.15. The fraction of sp³-hybridized carbons (Fsp3) is 0.308. The molecular weight excluding hydrogens is 292 g/mol.